The zero-order chi connectivity index (χ0) is 16.8. The number of allylic oxidation sites excluding steroid dienone is 1. The fraction of sp³-hybridized carbons (Fsp3) is 0. The standard InChI is InChI=1S/C16H11FN6O/c17-12-4-6-14(7-5-12)24-15-3-1-2-13(8-15)19-10-11(9-18)16-20-22-23-21-16/h1-8,10,19H,(H,20,21,22,23). The van der Waals surface area contributed by atoms with Crippen molar-refractivity contribution < 1.29 is 9.13 Å². The number of ether oxygens (including phenoxy) is 1. The molecule has 0 bridgehead atoms. The van der Waals surface area contributed by atoms with Gasteiger partial charge in [-0.2, -0.15) is 10.5 Å². The Kier molecular flexibility index (Phi) is 4.44. The molecule has 118 valence electrons. The number of tetrazole rings is 1. The Hall–Kier alpha value is -3.73. The van der Waals surface area contributed by atoms with E-state index in [9.17, 15) is 4.39 Å². The molecule has 0 saturated carbocycles. The molecule has 24 heavy (non-hydrogen) atoms. The number of aromatic nitrogens is 4. The van der Waals surface area contributed by atoms with Gasteiger partial charge in [0.1, 0.15) is 29.0 Å². The second-order valence-electron chi connectivity index (χ2n) is 4.63. The second kappa shape index (κ2) is 7.02. The first-order chi connectivity index (χ1) is 11.7. The Labute approximate surface area is 136 Å². The summed E-state index contributed by atoms with van der Waals surface area (Å²) < 4.78 is 18.5. The summed E-state index contributed by atoms with van der Waals surface area (Å²) in [6, 6.07) is 14.8. The van der Waals surface area contributed by atoms with E-state index >= 15 is 0 Å². The van der Waals surface area contributed by atoms with Crippen molar-refractivity contribution in [3.8, 4) is 17.6 Å². The van der Waals surface area contributed by atoms with Crippen LogP contribution in [0.15, 0.2) is 54.7 Å². The van der Waals surface area contributed by atoms with Gasteiger partial charge in [-0.05, 0) is 41.6 Å². The minimum absolute atomic E-state index is 0.198. The van der Waals surface area contributed by atoms with Crippen LogP contribution in [0.25, 0.3) is 5.57 Å². The fourth-order valence-electron chi connectivity index (χ4n) is 1.87. The van der Waals surface area contributed by atoms with Crippen LogP contribution < -0.4 is 10.1 Å². The maximum absolute atomic E-state index is 12.9. The molecular weight excluding hydrogens is 311 g/mol. The molecule has 0 saturated heterocycles. The summed E-state index contributed by atoms with van der Waals surface area (Å²) in [4.78, 5) is 0. The Morgan fingerprint density at radius 3 is 2.75 bits per heavy atom. The Morgan fingerprint density at radius 1 is 1.21 bits per heavy atom. The van der Waals surface area contributed by atoms with Gasteiger partial charge in [0.2, 0.25) is 5.82 Å². The van der Waals surface area contributed by atoms with Crippen molar-refractivity contribution in [2.75, 3.05) is 5.32 Å². The van der Waals surface area contributed by atoms with E-state index in [1.807, 2.05) is 6.07 Å². The number of H-pyrrole nitrogens is 1. The van der Waals surface area contributed by atoms with Crippen LogP contribution >= 0.6 is 0 Å². The molecule has 0 unspecified atom stereocenters. The van der Waals surface area contributed by atoms with Crippen molar-refractivity contribution in [2.24, 2.45) is 0 Å². The van der Waals surface area contributed by atoms with Crippen LogP contribution in [0, 0.1) is 17.1 Å². The second-order valence-corrected chi connectivity index (χ2v) is 4.63. The average molecular weight is 322 g/mol. The van der Waals surface area contributed by atoms with Crippen LogP contribution in [0.3, 0.4) is 0 Å². The molecule has 2 N–H and O–H groups in total. The molecule has 0 atom stereocenters. The zero-order valence-electron chi connectivity index (χ0n) is 12.3. The average Bonchev–Trinajstić information content (AvgIpc) is 3.12. The van der Waals surface area contributed by atoms with Crippen molar-refractivity contribution in [2.45, 2.75) is 0 Å². The lowest BCUT2D eigenvalue weighted by Crippen LogP contribution is -1.93. The first-order valence-corrected chi connectivity index (χ1v) is 6.89. The molecule has 0 fully saturated rings. The van der Waals surface area contributed by atoms with E-state index in [2.05, 4.69) is 25.9 Å². The van der Waals surface area contributed by atoms with E-state index in [1.54, 1.807) is 36.4 Å². The summed E-state index contributed by atoms with van der Waals surface area (Å²) in [5.41, 5.74) is 0.930. The van der Waals surface area contributed by atoms with Gasteiger partial charge in [-0.15, -0.1) is 10.2 Å². The van der Waals surface area contributed by atoms with Crippen LogP contribution in [0.4, 0.5) is 10.1 Å². The zero-order valence-corrected chi connectivity index (χ0v) is 12.3. The van der Waals surface area contributed by atoms with E-state index in [4.69, 9.17) is 10.00 Å². The summed E-state index contributed by atoms with van der Waals surface area (Å²) in [6.07, 6.45) is 1.47. The van der Waals surface area contributed by atoms with Crippen LogP contribution in [0.1, 0.15) is 5.82 Å². The number of hydrogen-bond donors (Lipinski definition) is 2. The summed E-state index contributed by atoms with van der Waals surface area (Å²) in [5, 5.41) is 25.3. The Balaban J connectivity index is 1.73. The highest BCUT2D eigenvalue weighted by atomic mass is 19.1. The quantitative estimate of drug-likeness (QED) is 0.700. The molecular formula is C16H11FN6O. The van der Waals surface area contributed by atoms with Crippen molar-refractivity contribution >= 4 is 11.3 Å². The maximum atomic E-state index is 12.9. The van der Waals surface area contributed by atoms with Crippen molar-refractivity contribution in [3.05, 3.63) is 66.4 Å². The van der Waals surface area contributed by atoms with Gasteiger partial charge in [-0.25, -0.2) is 4.39 Å². The third kappa shape index (κ3) is 3.72. The number of nitrogens with zero attached hydrogens (tertiary/aromatic N) is 4. The van der Waals surface area contributed by atoms with Crippen LogP contribution in [0.2, 0.25) is 0 Å². The van der Waals surface area contributed by atoms with Crippen molar-refractivity contribution in [1.82, 2.24) is 20.6 Å². The van der Waals surface area contributed by atoms with Crippen molar-refractivity contribution in [3.63, 3.8) is 0 Å². The van der Waals surface area contributed by atoms with Gasteiger partial charge in [-0.3, -0.25) is 0 Å². The highest BCUT2D eigenvalue weighted by molar-refractivity contribution is 5.74. The van der Waals surface area contributed by atoms with Gasteiger partial charge >= 0.3 is 0 Å². The maximum Gasteiger partial charge on any atom is 0.216 e. The molecule has 0 radical (unpaired) electrons. The summed E-state index contributed by atoms with van der Waals surface area (Å²) in [5.74, 6) is 0.962. The number of rotatable bonds is 5. The number of benzene rings is 2. The highest BCUT2D eigenvalue weighted by Crippen LogP contribution is 2.24. The number of nitriles is 1. The van der Waals surface area contributed by atoms with Gasteiger partial charge in [0.15, 0.2) is 0 Å². The van der Waals surface area contributed by atoms with Gasteiger partial charge in [0, 0.05) is 18.0 Å². The van der Waals surface area contributed by atoms with Gasteiger partial charge in [0.25, 0.3) is 0 Å². The smallest absolute Gasteiger partial charge is 0.216 e. The molecule has 0 spiro atoms. The van der Waals surface area contributed by atoms with Crippen LogP contribution in [-0.4, -0.2) is 20.6 Å². The topological polar surface area (TPSA) is 99.5 Å². The highest BCUT2D eigenvalue weighted by Gasteiger charge is 2.05. The summed E-state index contributed by atoms with van der Waals surface area (Å²) in [6.45, 7) is 0. The minimum Gasteiger partial charge on any atom is -0.457 e. The molecule has 0 aliphatic heterocycles. The first kappa shape index (κ1) is 15.2. The monoisotopic (exact) mass is 322 g/mol. The summed E-state index contributed by atoms with van der Waals surface area (Å²) in [7, 11) is 0. The lowest BCUT2D eigenvalue weighted by Gasteiger charge is -2.07. The van der Waals surface area contributed by atoms with Crippen LogP contribution in [-0.2, 0) is 0 Å². The number of nitrogens with one attached hydrogen (secondary N) is 2. The van der Waals surface area contributed by atoms with E-state index < -0.39 is 0 Å². The normalized spacial score (nSPS) is 10.9. The Morgan fingerprint density at radius 2 is 2.04 bits per heavy atom. The lowest BCUT2D eigenvalue weighted by molar-refractivity contribution is 0.481. The predicted molar refractivity (Wildman–Crippen MR) is 84.3 cm³/mol. The van der Waals surface area contributed by atoms with Crippen LogP contribution in [0.5, 0.6) is 11.5 Å². The molecule has 0 aliphatic carbocycles. The van der Waals surface area contributed by atoms with Gasteiger partial charge in [-0.1, -0.05) is 6.07 Å². The fourth-order valence-corrected chi connectivity index (χ4v) is 1.87. The number of anilines is 1. The number of hydrogen-bond acceptors (Lipinski definition) is 6. The van der Waals surface area contributed by atoms with Gasteiger partial charge < -0.3 is 10.1 Å². The third-order valence-electron chi connectivity index (χ3n) is 2.97. The van der Waals surface area contributed by atoms with E-state index in [1.165, 1.54) is 18.3 Å². The van der Waals surface area contributed by atoms with E-state index in [0.29, 0.717) is 17.2 Å². The largest absolute Gasteiger partial charge is 0.457 e. The van der Waals surface area contributed by atoms with E-state index in [0.717, 1.165) is 0 Å². The molecule has 7 nitrogen and oxygen atoms in total. The Bertz CT molecular complexity index is 884. The minimum atomic E-state index is -0.326. The molecule has 3 aromatic rings. The van der Waals surface area contributed by atoms with E-state index in [-0.39, 0.29) is 17.2 Å². The molecule has 3 rings (SSSR count). The molecule has 1 aromatic heterocycles. The lowest BCUT2D eigenvalue weighted by atomic mass is 10.2. The molecule has 0 aliphatic rings. The number of aromatic amines is 1. The predicted octanol–water partition coefficient (Wildman–Crippen LogP) is 3.11. The molecule has 2 aromatic carbocycles. The number of halogens is 1. The van der Waals surface area contributed by atoms with Crippen molar-refractivity contribution in [1.29, 1.82) is 5.26 Å². The van der Waals surface area contributed by atoms with Gasteiger partial charge in [0.05, 0.1) is 0 Å². The summed E-state index contributed by atoms with van der Waals surface area (Å²) >= 11 is 0. The SMILES string of the molecule is N#CC(=CNc1cccc(Oc2ccc(F)cc2)c1)c1nn[nH]n1. The molecule has 0 amide bonds. The first-order valence-electron chi connectivity index (χ1n) is 6.89. The third-order valence-corrected chi connectivity index (χ3v) is 2.97. The molecule has 8 heteroatoms. The molecule has 1 heterocycles.